The van der Waals surface area contributed by atoms with Crippen molar-refractivity contribution in [3.63, 3.8) is 0 Å². The molecule has 0 aromatic heterocycles. The maximum Gasteiger partial charge on any atom is 0.0468 e. The first-order valence-electron chi connectivity index (χ1n) is 4.14. The average Bonchev–Trinajstić information content (AvgIpc) is 1.97. The molecule has 0 radical (unpaired) electrons. The largest absolute Gasteiger partial charge is 0.382 e. The first-order valence-corrected chi connectivity index (χ1v) is 4.14. The Morgan fingerprint density at radius 2 is 2.00 bits per heavy atom. The van der Waals surface area contributed by atoms with E-state index in [0.29, 0.717) is 0 Å². The van der Waals surface area contributed by atoms with E-state index in [1.807, 2.05) is 6.92 Å². The summed E-state index contributed by atoms with van der Waals surface area (Å²) in [5.41, 5.74) is 0. The number of hydrogen-bond donors (Lipinski definition) is 0. The molecule has 0 saturated carbocycles. The van der Waals surface area contributed by atoms with E-state index in [1.165, 1.54) is 0 Å². The fourth-order valence-electron chi connectivity index (χ4n) is 0.732. The predicted octanol–water partition coefficient (Wildman–Crippen LogP) is 2.77. The van der Waals surface area contributed by atoms with Gasteiger partial charge in [-0.3, -0.25) is 0 Å². The van der Waals surface area contributed by atoms with Crippen molar-refractivity contribution in [2.24, 2.45) is 0 Å². The van der Waals surface area contributed by atoms with E-state index in [1.54, 1.807) is 0 Å². The molecular formula is C9H18O. The van der Waals surface area contributed by atoms with Gasteiger partial charge in [0.2, 0.25) is 0 Å². The molecule has 0 bridgehead atoms. The third-order valence-corrected chi connectivity index (χ3v) is 1.27. The number of rotatable bonds is 6. The van der Waals surface area contributed by atoms with E-state index in [9.17, 15) is 0 Å². The Balaban J connectivity index is 2.83. The molecule has 0 aliphatic heterocycles. The van der Waals surface area contributed by atoms with Crippen LogP contribution in [0, 0.1) is 0 Å². The van der Waals surface area contributed by atoms with Gasteiger partial charge in [-0.2, -0.15) is 0 Å². The number of unbranched alkanes of at least 4 members (excludes halogenated alkanes) is 1. The van der Waals surface area contributed by atoms with Crippen LogP contribution in [0.4, 0.5) is 0 Å². The molecule has 60 valence electrons. The lowest BCUT2D eigenvalue weighted by Crippen LogP contribution is -1.91. The molecule has 0 unspecified atom stereocenters. The Hall–Kier alpha value is -0.300. The molecule has 0 atom stereocenters. The Labute approximate surface area is 64.1 Å². The lowest BCUT2D eigenvalue weighted by atomic mass is 10.3. The molecule has 0 heterocycles. The summed E-state index contributed by atoms with van der Waals surface area (Å²) in [4.78, 5) is 0. The first-order chi connectivity index (χ1) is 4.91. The fourth-order valence-corrected chi connectivity index (χ4v) is 0.732. The summed E-state index contributed by atoms with van der Waals surface area (Å²) in [6, 6.07) is 0. The maximum atomic E-state index is 5.18. The number of ether oxygens (including phenoxy) is 1. The summed E-state index contributed by atoms with van der Waals surface area (Å²) in [6.07, 6.45) is 7.89. The zero-order valence-electron chi connectivity index (χ0n) is 7.10. The fraction of sp³-hybridized carbons (Fsp3) is 0.778. The molecule has 0 amide bonds. The highest BCUT2D eigenvalue weighted by Crippen LogP contribution is 1.92. The van der Waals surface area contributed by atoms with Crippen LogP contribution >= 0.6 is 0 Å². The molecule has 0 rings (SSSR count). The van der Waals surface area contributed by atoms with Gasteiger partial charge in [-0.05, 0) is 26.2 Å². The molecule has 0 spiro atoms. The van der Waals surface area contributed by atoms with Crippen LogP contribution in [-0.4, -0.2) is 13.2 Å². The van der Waals surface area contributed by atoms with Crippen molar-refractivity contribution in [1.82, 2.24) is 0 Å². The average molecular weight is 142 g/mol. The van der Waals surface area contributed by atoms with E-state index in [2.05, 4.69) is 19.1 Å². The van der Waals surface area contributed by atoms with E-state index in [4.69, 9.17) is 4.74 Å². The third-order valence-electron chi connectivity index (χ3n) is 1.27. The molecular weight excluding hydrogens is 124 g/mol. The van der Waals surface area contributed by atoms with Crippen molar-refractivity contribution >= 4 is 0 Å². The number of hydrogen-bond acceptors (Lipinski definition) is 1. The zero-order valence-corrected chi connectivity index (χ0v) is 7.10. The van der Waals surface area contributed by atoms with Gasteiger partial charge >= 0.3 is 0 Å². The van der Waals surface area contributed by atoms with E-state index in [0.717, 1.165) is 32.5 Å². The van der Waals surface area contributed by atoms with Gasteiger partial charge in [0, 0.05) is 13.2 Å². The molecule has 0 fully saturated rings. The second-order valence-electron chi connectivity index (χ2n) is 2.22. The van der Waals surface area contributed by atoms with Crippen molar-refractivity contribution in [2.45, 2.75) is 33.1 Å². The van der Waals surface area contributed by atoms with E-state index in [-0.39, 0.29) is 0 Å². The standard InChI is InChI=1S/C9H18O/c1-3-5-6-7-8-9-10-4-2/h5-6H,3-4,7-9H2,1-2H3. The molecule has 1 heteroatoms. The Morgan fingerprint density at radius 1 is 1.20 bits per heavy atom. The normalized spacial score (nSPS) is 11.0. The molecule has 0 N–H and O–H groups in total. The van der Waals surface area contributed by atoms with Crippen LogP contribution in [0.15, 0.2) is 12.2 Å². The Bertz CT molecular complexity index is 76.8. The summed E-state index contributed by atoms with van der Waals surface area (Å²) in [5.74, 6) is 0. The SMILES string of the molecule is CCC=CCCCOCC. The smallest absolute Gasteiger partial charge is 0.0468 e. The molecule has 0 aliphatic carbocycles. The van der Waals surface area contributed by atoms with Crippen molar-refractivity contribution in [3.05, 3.63) is 12.2 Å². The van der Waals surface area contributed by atoms with Gasteiger partial charge in [0.15, 0.2) is 0 Å². The van der Waals surface area contributed by atoms with Crippen LogP contribution in [0.1, 0.15) is 33.1 Å². The minimum Gasteiger partial charge on any atom is -0.382 e. The van der Waals surface area contributed by atoms with Crippen LogP contribution in [0.25, 0.3) is 0 Å². The van der Waals surface area contributed by atoms with Crippen LogP contribution < -0.4 is 0 Å². The Kier molecular flexibility index (Phi) is 8.44. The van der Waals surface area contributed by atoms with Gasteiger partial charge in [0.05, 0.1) is 0 Å². The highest BCUT2D eigenvalue weighted by molar-refractivity contribution is 4.79. The monoisotopic (exact) mass is 142 g/mol. The summed E-state index contributed by atoms with van der Waals surface area (Å²) in [5, 5.41) is 0. The van der Waals surface area contributed by atoms with Crippen LogP contribution in [-0.2, 0) is 4.74 Å². The highest BCUT2D eigenvalue weighted by atomic mass is 16.5. The zero-order chi connectivity index (χ0) is 7.66. The predicted molar refractivity (Wildman–Crippen MR) is 45.2 cm³/mol. The molecule has 0 aromatic carbocycles. The first kappa shape index (κ1) is 9.70. The topological polar surface area (TPSA) is 9.23 Å². The quantitative estimate of drug-likeness (QED) is 0.409. The van der Waals surface area contributed by atoms with Crippen molar-refractivity contribution < 1.29 is 4.74 Å². The lowest BCUT2D eigenvalue weighted by molar-refractivity contribution is 0.145. The summed E-state index contributed by atoms with van der Waals surface area (Å²) < 4.78 is 5.18. The van der Waals surface area contributed by atoms with Crippen LogP contribution in [0.2, 0.25) is 0 Å². The molecule has 0 aromatic rings. The summed E-state index contributed by atoms with van der Waals surface area (Å²) in [7, 11) is 0. The van der Waals surface area contributed by atoms with E-state index >= 15 is 0 Å². The third kappa shape index (κ3) is 7.70. The lowest BCUT2D eigenvalue weighted by Gasteiger charge is -1.96. The van der Waals surface area contributed by atoms with Gasteiger partial charge < -0.3 is 4.74 Å². The molecule has 1 nitrogen and oxygen atoms in total. The second-order valence-corrected chi connectivity index (χ2v) is 2.22. The van der Waals surface area contributed by atoms with Gasteiger partial charge in [-0.15, -0.1) is 0 Å². The van der Waals surface area contributed by atoms with Crippen LogP contribution in [0.3, 0.4) is 0 Å². The molecule has 0 saturated heterocycles. The van der Waals surface area contributed by atoms with Gasteiger partial charge in [0.1, 0.15) is 0 Å². The highest BCUT2D eigenvalue weighted by Gasteiger charge is 1.81. The van der Waals surface area contributed by atoms with Gasteiger partial charge in [-0.25, -0.2) is 0 Å². The van der Waals surface area contributed by atoms with Crippen LogP contribution in [0.5, 0.6) is 0 Å². The van der Waals surface area contributed by atoms with Crippen molar-refractivity contribution in [3.8, 4) is 0 Å². The van der Waals surface area contributed by atoms with E-state index < -0.39 is 0 Å². The Morgan fingerprint density at radius 3 is 2.60 bits per heavy atom. The minimum absolute atomic E-state index is 0.845. The van der Waals surface area contributed by atoms with Crippen molar-refractivity contribution in [2.75, 3.05) is 13.2 Å². The van der Waals surface area contributed by atoms with Gasteiger partial charge in [0.25, 0.3) is 0 Å². The molecule has 0 aliphatic rings. The van der Waals surface area contributed by atoms with Crippen molar-refractivity contribution in [1.29, 1.82) is 0 Å². The summed E-state index contributed by atoms with van der Waals surface area (Å²) in [6.45, 7) is 5.93. The molecule has 10 heavy (non-hydrogen) atoms. The second kappa shape index (κ2) is 8.70. The summed E-state index contributed by atoms with van der Waals surface area (Å²) >= 11 is 0. The maximum absolute atomic E-state index is 5.18. The number of allylic oxidation sites excluding steroid dienone is 2. The minimum atomic E-state index is 0.845. The van der Waals surface area contributed by atoms with Gasteiger partial charge in [-0.1, -0.05) is 19.1 Å².